The lowest BCUT2D eigenvalue weighted by Crippen LogP contribution is -2.25. The van der Waals surface area contributed by atoms with E-state index in [-0.39, 0.29) is 24.0 Å². The minimum atomic E-state index is -0.431. The summed E-state index contributed by atoms with van der Waals surface area (Å²) in [5.41, 5.74) is 0.903. The van der Waals surface area contributed by atoms with Crippen LogP contribution in [0.1, 0.15) is 40.7 Å². The second-order valence-electron chi connectivity index (χ2n) is 5.19. The summed E-state index contributed by atoms with van der Waals surface area (Å²) in [5, 5.41) is 5.39. The van der Waals surface area contributed by atoms with Crippen LogP contribution in [0.15, 0.2) is 47.1 Å². The number of carbonyl (C=O) groups is 3. The van der Waals surface area contributed by atoms with Gasteiger partial charge in [0.2, 0.25) is 5.91 Å². The van der Waals surface area contributed by atoms with Gasteiger partial charge < -0.3 is 19.8 Å². The molecule has 1 aromatic heterocycles. The van der Waals surface area contributed by atoms with Crippen LogP contribution in [0.4, 0.5) is 5.69 Å². The summed E-state index contributed by atoms with van der Waals surface area (Å²) in [6.07, 6.45) is 2.14. The van der Waals surface area contributed by atoms with E-state index < -0.39 is 5.97 Å². The van der Waals surface area contributed by atoms with Crippen molar-refractivity contribution >= 4 is 23.5 Å². The number of nitrogens with one attached hydrogen (secondary N) is 2. The predicted molar refractivity (Wildman–Crippen MR) is 91.3 cm³/mol. The molecule has 1 aromatic carbocycles. The normalized spacial score (nSPS) is 10.1. The third kappa shape index (κ3) is 5.80. The van der Waals surface area contributed by atoms with Crippen molar-refractivity contribution in [2.45, 2.75) is 19.8 Å². The number of amides is 2. The first-order chi connectivity index (χ1) is 12.1. The highest BCUT2D eigenvalue weighted by Crippen LogP contribution is 2.12. The molecule has 132 valence electrons. The van der Waals surface area contributed by atoms with E-state index in [4.69, 9.17) is 9.15 Å². The molecule has 7 heteroatoms. The average Bonchev–Trinajstić information content (AvgIpc) is 3.14. The van der Waals surface area contributed by atoms with Crippen LogP contribution in [0.25, 0.3) is 0 Å². The molecule has 2 aromatic rings. The maximum atomic E-state index is 11.9. The Balaban J connectivity index is 1.74. The van der Waals surface area contributed by atoms with Gasteiger partial charge in [0, 0.05) is 18.7 Å². The van der Waals surface area contributed by atoms with Crippen molar-refractivity contribution < 1.29 is 23.5 Å². The lowest BCUT2D eigenvalue weighted by Gasteiger charge is -2.07. The van der Waals surface area contributed by atoms with Gasteiger partial charge in [0.1, 0.15) is 0 Å². The van der Waals surface area contributed by atoms with Gasteiger partial charge in [-0.3, -0.25) is 9.59 Å². The molecule has 0 spiro atoms. The van der Waals surface area contributed by atoms with Gasteiger partial charge in [-0.25, -0.2) is 4.79 Å². The van der Waals surface area contributed by atoms with E-state index in [9.17, 15) is 14.4 Å². The van der Waals surface area contributed by atoms with Gasteiger partial charge in [-0.1, -0.05) is 6.07 Å². The highest BCUT2D eigenvalue weighted by Gasteiger charge is 2.10. The number of rotatable bonds is 8. The van der Waals surface area contributed by atoms with Gasteiger partial charge in [-0.2, -0.15) is 0 Å². The number of ether oxygens (including phenoxy) is 1. The third-order valence-corrected chi connectivity index (χ3v) is 3.27. The molecule has 2 N–H and O–H groups in total. The van der Waals surface area contributed by atoms with Crippen molar-refractivity contribution in [3.05, 3.63) is 54.0 Å². The first-order valence-corrected chi connectivity index (χ1v) is 7.99. The minimum absolute atomic E-state index is 0.201. The first kappa shape index (κ1) is 18.3. The summed E-state index contributed by atoms with van der Waals surface area (Å²) < 4.78 is 9.89. The first-order valence-electron chi connectivity index (χ1n) is 7.99. The van der Waals surface area contributed by atoms with E-state index >= 15 is 0 Å². The molecular weight excluding hydrogens is 324 g/mol. The van der Waals surface area contributed by atoms with Gasteiger partial charge in [0.15, 0.2) is 5.76 Å². The van der Waals surface area contributed by atoms with Crippen LogP contribution >= 0.6 is 0 Å². The van der Waals surface area contributed by atoms with Crippen molar-refractivity contribution in [2.24, 2.45) is 0 Å². The zero-order valence-electron chi connectivity index (χ0n) is 13.9. The Bertz CT molecular complexity index is 725. The van der Waals surface area contributed by atoms with Crippen LogP contribution in [0.2, 0.25) is 0 Å². The summed E-state index contributed by atoms with van der Waals surface area (Å²) in [7, 11) is 0. The van der Waals surface area contributed by atoms with E-state index in [2.05, 4.69) is 10.6 Å². The predicted octanol–water partition coefficient (Wildman–Crippen LogP) is 2.61. The minimum Gasteiger partial charge on any atom is -0.462 e. The maximum absolute atomic E-state index is 11.9. The topological polar surface area (TPSA) is 97.6 Å². The SMILES string of the molecule is CCOC(=O)c1cccc(NC(=O)CCCNC(=O)c2ccco2)c1. The van der Waals surface area contributed by atoms with Gasteiger partial charge in [0.05, 0.1) is 18.4 Å². The molecule has 0 unspecified atom stereocenters. The third-order valence-electron chi connectivity index (χ3n) is 3.27. The zero-order valence-corrected chi connectivity index (χ0v) is 13.9. The fraction of sp³-hybridized carbons (Fsp3) is 0.278. The van der Waals surface area contributed by atoms with Crippen LogP contribution in [0, 0.1) is 0 Å². The smallest absolute Gasteiger partial charge is 0.338 e. The largest absolute Gasteiger partial charge is 0.462 e. The van der Waals surface area contributed by atoms with Crippen molar-refractivity contribution in [1.29, 1.82) is 0 Å². The highest BCUT2D eigenvalue weighted by atomic mass is 16.5. The second kappa shape index (κ2) is 9.27. The van der Waals surface area contributed by atoms with Crippen LogP contribution < -0.4 is 10.6 Å². The number of hydrogen-bond donors (Lipinski definition) is 2. The molecule has 2 amide bonds. The molecule has 2 rings (SSSR count). The molecule has 0 saturated carbocycles. The van der Waals surface area contributed by atoms with E-state index in [1.54, 1.807) is 43.3 Å². The molecule has 0 saturated heterocycles. The van der Waals surface area contributed by atoms with Gasteiger partial charge in [-0.05, 0) is 43.7 Å². The van der Waals surface area contributed by atoms with Crippen molar-refractivity contribution in [1.82, 2.24) is 5.32 Å². The Kier molecular flexibility index (Phi) is 6.76. The van der Waals surface area contributed by atoms with Gasteiger partial charge in [0.25, 0.3) is 5.91 Å². The van der Waals surface area contributed by atoms with Crippen molar-refractivity contribution in [2.75, 3.05) is 18.5 Å². The maximum Gasteiger partial charge on any atom is 0.338 e. The van der Waals surface area contributed by atoms with Gasteiger partial charge >= 0.3 is 5.97 Å². The Hall–Kier alpha value is -3.09. The zero-order chi connectivity index (χ0) is 18.1. The van der Waals surface area contributed by atoms with Gasteiger partial charge in [-0.15, -0.1) is 0 Å². The van der Waals surface area contributed by atoms with Crippen molar-refractivity contribution in [3.8, 4) is 0 Å². The summed E-state index contributed by atoms with van der Waals surface area (Å²) in [6.45, 7) is 2.38. The molecule has 0 aliphatic heterocycles. The molecule has 7 nitrogen and oxygen atoms in total. The molecule has 25 heavy (non-hydrogen) atoms. The van der Waals surface area contributed by atoms with Crippen molar-refractivity contribution in [3.63, 3.8) is 0 Å². The van der Waals surface area contributed by atoms with E-state index in [0.717, 1.165) is 0 Å². The quantitative estimate of drug-likeness (QED) is 0.567. The van der Waals surface area contributed by atoms with Crippen LogP contribution in [0.3, 0.4) is 0 Å². The molecule has 0 fully saturated rings. The van der Waals surface area contributed by atoms with Crippen LogP contribution in [0.5, 0.6) is 0 Å². The number of benzene rings is 1. The summed E-state index contributed by atoms with van der Waals surface area (Å²) in [6, 6.07) is 9.75. The average molecular weight is 344 g/mol. The molecule has 0 aliphatic rings. The Morgan fingerprint density at radius 1 is 1.16 bits per heavy atom. The summed E-state index contributed by atoms with van der Waals surface area (Å²) >= 11 is 0. The number of carbonyl (C=O) groups excluding carboxylic acids is 3. The molecule has 0 bridgehead atoms. The fourth-order valence-corrected chi connectivity index (χ4v) is 2.11. The molecule has 0 radical (unpaired) electrons. The lowest BCUT2D eigenvalue weighted by molar-refractivity contribution is -0.116. The molecule has 0 aliphatic carbocycles. The number of hydrogen-bond acceptors (Lipinski definition) is 5. The Morgan fingerprint density at radius 2 is 2.00 bits per heavy atom. The van der Waals surface area contributed by atoms with Crippen LogP contribution in [-0.4, -0.2) is 30.9 Å². The standard InChI is InChI=1S/C18H20N2O5/c1-2-24-18(23)13-6-3-7-14(12-13)20-16(21)9-4-10-19-17(22)15-8-5-11-25-15/h3,5-8,11-12H,2,4,9-10H2,1H3,(H,19,22)(H,20,21). The monoisotopic (exact) mass is 344 g/mol. The summed E-state index contributed by atoms with van der Waals surface area (Å²) in [4.78, 5) is 35.3. The van der Waals surface area contributed by atoms with E-state index in [1.807, 2.05) is 0 Å². The molecule has 0 atom stereocenters. The van der Waals surface area contributed by atoms with E-state index in [1.165, 1.54) is 6.26 Å². The lowest BCUT2D eigenvalue weighted by atomic mass is 10.2. The molecular formula is C18H20N2O5. The van der Waals surface area contributed by atoms with Crippen LogP contribution in [-0.2, 0) is 9.53 Å². The highest BCUT2D eigenvalue weighted by molar-refractivity contribution is 5.94. The Morgan fingerprint density at radius 3 is 2.72 bits per heavy atom. The molecule has 1 heterocycles. The van der Waals surface area contributed by atoms with E-state index in [0.29, 0.717) is 30.8 Å². The number of furan rings is 1. The number of esters is 1. The summed E-state index contributed by atoms with van der Waals surface area (Å²) in [5.74, 6) is -0.708. The Labute approximate surface area is 145 Å². The number of anilines is 1. The fourth-order valence-electron chi connectivity index (χ4n) is 2.11. The second-order valence-corrected chi connectivity index (χ2v) is 5.19.